The van der Waals surface area contributed by atoms with Gasteiger partial charge in [-0.25, -0.2) is 9.97 Å². The lowest BCUT2D eigenvalue weighted by molar-refractivity contribution is 0.0815. The lowest BCUT2D eigenvalue weighted by Crippen LogP contribution is -2.37. The molecular weight excluding hydrogens is 364 g/mol. The number of rotatable bonds is 4. The minimum Gasteiger partial charge on any atom is -0.355 e. The lowest BCUT2D eigenvalue weighted by atomic mass is 9.91. The highest BCUT2D eigenvalue weighted by Crippen LogP contribution is 2.30. The first-order valence-electron chi connectivity index (χ1n) is 10.5. The van der Waals surface area contributed by atoms with Crippen LogP contribution in [-0.4, -0.2) is 59.0 Å². The fourth-order valence-electron chi connectivity index (χ4n) is 4.36. The number of amides is 1. The van der Waals surface area contributed by atoms with Crippen LogP contribution in [0.1, 0.15) is 58.4 Å². The summed E-state index contributed by atoms with van der Waals surface area (Å²) in [6, 6.07) is 4.94. The molecule has 2 aromatic rings. The number of hydrogen-bond acceptors (Lipinski definition) is 6. The number of aromatic nitrogens is 3. The Morgan fingerprint density at radius 3 is 2.86 bits per heavy atom. The van der Waals surface area contributed by atoms with Crippen molar-refractivity contribution in [2.45, 2.75) is 51.6 Å². The summed E-state index contributed by atoms with van der Waals surface area (Å²) in [7, 11) is 3.46. The molecule has 1 aliphatic carbocycles. The van der Waals surface area contributed by atoms with Gasteiger partial charge in [0.05, 0.1) is 11.7 Å². The van der Waals surface area contributed by atoms with Crippen molar-refractivity contribution in [3.8, 4) is 0 Å². The summed E-state index contributed by atoms with van der Waals surface area (Å²) in [6.45, 7) is 5.79. The standard InChI is InChI=1S/C22H30N6O/c1-14-15(2)24-20(22(29)27(3)4)26-21(14)28-12-10-17(13-28)25-18-9-5-7-16-8-6-11-23-19(16)18/h6,8,11,17-18,25H,5,7,9-10,12-13H2,1-4H3/t17-,18?/m1/s1. The van der Waals surface area contributed by atoms with Crippen LogP contribution in [-0.2, 0) is 6.42 Å². The molecule has 1 saturated heterocycles. The maximum absolute atomic E-state index is 12.4. The van der Waals surface area contributed by atoms with Gasteiger partial charge >= 0.3 is 0 Å². The minimum absolute atomic E-state index is 0.159. The molecule has 4 rings (SSSR count). The van der Waals surface area contributed by atoms with Crippen LogP contribution in [0.3, 0.4) is 0 Å². The molecule has 0 saturated carbocycles. The molecule has 29 heavy (non-hydrogen) atoms. The van der Waals surface area contributed by atoms with Gasteiger partial charge in [-0.1, -0.05) is 6.07 Å². The zero-order valence-electron chi connectivity index (χ0n) is 17.8. The predicted octanol–water partition coefficient (Wildman–Crippen LogP) is 2.44. The second kappa shape index (κ2) is 8.06. The van der Waals surface area contributed by atoms with Crippen LogP contribution in [0, 0.1) is 13.8 Å². The Hall–Kier alpha value is -2.54. The number of hydrogen-bond donors (Lipinski definition) is 1. The first kappa shape index (κ1) is 19.8. The van der Waals surface area contributed by atoms with Gasteiger partial charge in [-0.15, -0.1) is 0 Å². The van der Waals surface area contributed by atoms with Crippen molar-refractivity contribution in [1.29, 1.82) is 0 Å². The first-order chi connectivity index (χ1) is 13.9. The molecule has 1 N–H and O–H groups in total. The topological polar surface area (TPSA) is 74.2 Å². The third-order valence-electron chi connectivity index (χ3n) is 6.08. The van der Waals surface area contributed by atoms with E-state index in [9.17, 15) is 4.79 Å². The Bertz CT molecular complexity index is 912. The molecule has 7 heteroatoms. The van der Waals surface area contributed by atoms with E-state index < -0.39 is 0 Å². The van der Waals surface area contributed by atoms with Crippen LogP contribution in [0.2, 0.25) is 0 Å². The van der Waals surface area contributed by atoms with Gasteiger partial charge in [0.25, 0.3) is 5.91 Å². The summed E-state index contributed by atoms with van der Waals surface area (Å²) >= 11 is 0. The van der Waals surface area contributed by atoms with Crippen molar-refractivity contribution in [2.24, 2.45) is 0 Å². The molecule has 154 valence electrons. The molecule has 1 amide bonds. The van der Waals surface area contributed by atoms with E-state index in [1.54, 1.807) is 14.1 Å². The fourth-order valence-corrected chi connectivity index (χ4v) is 4.36. The van der Waals surface area contributed by atoms with E-state index in [2.05, 4.69) is 31.2 Å². The van der Waals surface area contributed by atoms with E-state index in [1.807, 2.05) is 26.1 Å². The molecule has 0 bridgehead atoms. The third-order valence-corrected chi connectivity index (χ3v) is 6.08. The quantitative estimate of drug-likeness (QED) is 0.859. The summed E-state index contributed by atoms with van der Waals surface area (Å²) in [6.07, 6.45) is 6.41. The predicted molar refractivity (Wildman–Crippen MR) is 113 cm³/mol. The van der Waals surface area contributed by atoms with Crippen molar-refractivity contribution >= 4 is 11.7 Å². The van der Waals surface area contributed by atoms with Crippen molar-refractivity contribution < 1.29 is 4.79 Å². The first-order valence-corrected chi connectivity index (χ1v) is 10.5. The number of carbonyl (C=O) groups is 1. The van der Waals surface area contributed by atoms with Gasteiger partial charge in [-0.2, -0.15) is 0 Å². The molecule has 0 radical (unpaired) electrons. The molecule has 3 heterocycles. The molecular formula is C22H30N6O. The van der Waals surface area contributed by atoms with E-state index >= 15 is 0 Å². The van der Waals surface area contributed by atoms with Crippen LogP contribution in [0.25, 0.3) is 0 Å². The minimum atomic E-state index is -0.159. The highest BCUT2D eigenvalue weighted by Gasteiger charge is 2.30. The molecule has 1 unspecified atom stereocenters. The van der Waals surface area contributed by atoms with Crippen LogP contribution in [0.4, 0.5) is 5.82 Å². The largest absolute Gasteiger partial charge is 0.355 e. The summed E-state index contributed by atoms with van der Waals surface area (Å²) in [5.74, 6) is 0.997. The van der Waals surface area contributed by atoms with Gasteiger partial charge in [-0.3, -0.25) is 9.78 Å². The number of nitrogens with zero attached hydrogens (tertiary/aromatic N) is 5. The molecule has 2 aromatic heterocycles. The highest BCUT2D eigenvalue weighted by atomic mass is 16.2. The smallest absolute Gasteiger partial charge is 0.291 e. The number of nitrogens with one attached hydrogen (secondary N) is 1. The van der Waals surface area contributed by atoms with E-state index in [-0.39, 0.29) is 11.7 Å². The average molecular weight is 395 g/mol. The Labute approximate surface area is 172 Å². The molecule has 0 spiro atoms. The van der Waals surface area contributed by atoms with Crippen LogP contribution >= 0.6 is 0 Å². The van der Waals surface area contributed by atoms with E-state index in [0.717, 1.165) is 49.4 Å². The van der Waals surface area contributed by atoms with E-state index in [0.29, 0.717) is 12.1 Å². The number of fused-ring (bicyclic) bond motifs is 1. The molecule has 2 atom stereocenters. The number of pyridine rings is 1. The normalized spacial score (nSPS) is 21.2. The monoisotopic (exact) mass is 394 g/mol. The summed E-state index contributed by atoms with van der Waals surface area (Å²) < 4.78 is 0. The Balaban J connectivity index is 1.50. The van der Waals surface area contributed by atoms with Crippen LogP contribution in [0.5, 0.6) is 0 Å². The van der Waals surface area contributed by atoms with Gasteiger partial charge in [0.15, 0.2) is 0 Å². The van der Waals surface area contributed by atoms with Crippen molar-refractivity contribution in [3.05, 3.63) is 46.7 Å². The number of aryl methyl sites for hydroxylation is 2. The van der Waals surface area contributed by atoms with Crippen LogP contribution < -0.4 is 10.2 Å². The average Bonchev–Trinajstić information content (AvgIpc) is 3.18. The molecule has 7 nitrogen and oxygen atoms in total. The Kier molecular flexibility index (Phi) is 5.50. The summed E-state index contributed by atoms with van der Waals surface area (Å²) in [5.41, 5.74) is 4.50. The summed E-state index contributed by atoms with van der Waals surface area (Å²) in [4.78, 5) is 29.9. The number of anilines is 1. The van der Waals surface area contributed by atoms with Crippen molar-refractivity contribution in [1.82, 2.24) is 25.2 Å². The van der Waals surface area contributed by atoms with Gasteiger partial charge in [0.2, 0.25) is 5.82 Å². The third kappa shape index (κ3) is 3.96. The van der Waals surface area contributed by atoms with Gasteiger partial charge in [0.1, 0.15) is 5.82 Å². The molecule has 1 fully saturated rings. The zero-order chi connectivity index (χ0) is 20.5. The highest BCUT2D eigenvalue weighted by molar-refractivity contribution is 5.90. The fraction of sp³-hybridized carbons (Fsp3) is 0.545. The van der Waals surface area contributed by atoms with Gasteiger partial charge in [0, 0.05) is 50.7 Å². The molecule has 0 aromatic carbocycles. The lowest BCUT2D eigenvalue weighted by Gasteiger charge is -2.28. The zero-order valence-corrected chi connectivity index (χ0v) is 17.8. The van der Waals surface area contributed by atoms with Crippen LogP contribution in [0.15, 0.2) is 18.3 Å². The Morgan fingerprint density at radius 2 is 2.07 bits per heavy atom. The molecule has 2 aliphatic rings. The van der Waals surface area contributed by atoms with Crippen molar-refractivity contribution in [2.75, 3.05) is 32.1 Å². The Morgan fingerprint density at radius 1 is 1.24 bits per heavy atom. The van der Waals surface area contributed by atoms with E-state index in [4.69, 9.17) is 0 Å². The van der Waals surface area contributed by atoms with Crippen molar-refractivity contribution in [3.63, 3.8) is 0 Å². The second-order valence-corrected chi connectivity index (χ2v) is 8.37. The van der Waals surface area contributed by atoms with E-state index in [1.165, 1.54) is 22.6 Å². The van der Waals surface area contributed by atoms with Gasteiger partial charge in [-0.05, 0) is 51.2 Å². The van der Waals surface area contributed by atoms with Gasteiger partial charge < -0.3 is 15.1 Å². The summed E-state index contributed by atoms with van der Waals surface area (Å²) in [5, 5.41) is 3.84. The maximum atomic E-state index is 12.4. The number of carbonyl (C=O) groups excluding carboxylic acids is 1. The molecule has 1 aliphatic heterocycles. The maximum Gasteiger partial charge on any atom is 0.291 e. The SMILES string of the molecule is Cc1nc(C(=O)N(C)C)nc(N2CC[C@@H](NC3CCCc4cccnc43)C2)c1C. The second-order valence-electron chi connectivity index (χ2n) is 8.37.